The highest BCUT2D eigenvalue weighted by Crippen LogP contribution is 2.12. The van der Waals surface area contributed by atoms with Gasteiger partial charge in [0, 0.05) is 17.3 Å². The average Bonchev–Trinajstić information content (AvgIpc) is 3.00. The standard InChI is InChI=1S/C16H14F2N2O5/c1-9-4-5-24-15(9)16(23)25-8-14(22)19-7-13(21)20-10-2-3-11(17)12(18)6-10/h2-6H,7-8H2,1H3,(H,19,22)(H,20,21). The third-order valence-corrected chi connectivity index (χ3v) is 3.03. The summed E-state index contributed by atoms with van der Waals surface area (Å²) in [4.78, 5) is 34.8. The number of benzene rings is 1. The molecule has 0 unspecified atom stereocenters. The van der Waals surface area contributed by atoms with Crippen molar-refractivity contribution in [3.63, 3.8) is 0 Å². The zero-order chi connectivity index (χ0) is 18.4. The molecule has 0 atom stereocenters. The van der Waals surface area contributed by atoms with Gasteiger partial charge in [-0.15, -0.1) is 0 Å². The summed E-state index contributed by atoms with van der Waals surface area (Å²) in [7, 11) is 0. The Balaban J connectivity index is 1.74. The zero-order valence-electron chi connectivity index (χ0n) is 13.1. The summed E-state index contributed by atoms with van der Waals surface area (Å²) in [6.07, 6.45) is 1.31. The zero-order valence-corrected chi connectivity index (χ0v) is 13.1. The second-order valence-electron chi connectivity index (χ2n) is 4.96. The SMILES string of the molecule is Cc1ccoc1C(=O)OCC(=O)NCC(=O)Nc1ccc(F)c(F)c1. The van der Waals surface area contributed by atoms with Gasteiger partial charge in [0.2, 0.25) is 11.7 Å². The maximum absolute atomic E-state index is 13.0. The van der Waals surface area contributed by atoms with Crippen LogP contribution >= 0.6 is 0 Å². The van der Waals surface area contributed by atoms with Crippen LogP contribution in [0.3, 0.4) is 0 Å². The number of aryl methyl sites for hydroxylation is 1. The molecule has 0 fully saturated rings. The Morgan fingerprint density at radius 1 is 1.12 bits per heavy atom. The minimum atomic E-state index is -1.11. The third-order valence-electron chi connectivity index (χ3n) is 3.03. The lowest BCUT2D eigenvalue weighted by atomic mass is 10.3. The Morgan fingerprint density at radius 2 is 1.88 bits per heavy atom. The van der Waals surface area contributed by atoms with Crippen molar-refractivity contribution in [3.8, 4) is 0 Å². The fourth-order valence-corrected chi connectivity index (χ4v) is 1.79. The topological polar surface area (TPSA) is 97.6 Å². The van der Waals surface area contributed by atoms with Gasteiger partial charge in [-0.1, -0.05) is 0 Å². The monoisotopic (exact) mass is 352 g/mol. The number of amides is 2. The average molecular weight is 352 g/mol. The number of nitrogens with one attached hydrogen (secondary N) is 2. The summed E-state index contributed by atoms with van der Waals surface area (Å²) < 4.78 is 35.4. The van der Waals surface area contributed by atoms with Crippen LogP contribution in [0.1, 0.15) is 16.1 Å². The lowest BCUT2D eigenvalue weighted by Crippen LogP contribution is -2.35. The van der Waals surface area contributed by atoms with Gasteiger partial charge in [0.1, 0.15) is 0 Å². The largest absolute Gasteiger partial charge is 0.457 e. The molecule has 0 aliphatic heterocycles. The molecule has 2 N–H and O–H groups in total. The van der Waals surface area contributed by atoms with E-state index in [-0.39, 0.29) is 11.4 Å². The normalized spacial score (nSPS) is 10.2. The molecule has 7 nitrogen and oxygen atoms in total. The number of carbonyl (C=O) groups is 3. The minimum absolute atomic E-state index is 0.0103. The first-order chi connectivity index (χ1) is 11.9. The molecule has 25 heavy (non-hydrogen) atoms. The summed E-state index contributed by atoms with van der Waals surface area (Å²) >= 11 is 0. The molecule has 1 aromatic heterocycles. The number of hydrogen-bond donors (Lipinski definition) is 2. The summed E-state index contributed by atoms with van der Waals surface area (Å²) in [6.45, 7) is 0.607. The lowest BCUT2D eigenvalue weighted by molar-refractivity contribution is -0.126. The van der Waals surface area contributed by atoms with Gasteiger partial charge < -0.3 is 19.8 Å². The smallest absolute Gasteiger partial charge is 0.375 e. The van der Waals surface area contributed by atoms with E-state index in [4.69, 9.17) is 9.15 Å². The Bertz CT molecular complexity index is 804. The van der Waals surface area contributed by atoms with E-state index in [0.29, 0.717) is 5.56 Å². The number of esters is 1. The summed E-state index contributed by atoms with van der Waals surface area (Å²) in [5, 5.41) is 4.49. The molecular weight excluding hydrogens is 338 g/mol. The molecule has 0 spiro atoms. The van der Waals surface area contributed by atoms with Gasteiger partial charge in [-0.05, 0) is 25.1 Å². The number of ether oxygens (including phenoxy) is 1. The molecule has 2 rings (SSSR count). The third kappa shape index (κ3) is 5.13. The maximum atomic E-state index is 13.0. The Hall–Kier alpha value is -3.23. The molecule has 0 radical (unpaired) electrons. The van der Waals surface area contributed by atoms with E-state index in [1.54, 1.807) is 13.0 Å². The summed E-state index contributed by atoms with van der Waals surface area (Å²) in [5.41, 5.74) is 0.606. The van der Waals surface area contributed by atoms with Gasteiger partial charge in [0.15, 0.2) is 18.2 Å². The first-order valence-electron chi connectivity index (χ1n) is 7.09. The first kappa shape index (κ1) is 18.1. The number of carbonyl (C=O) groups excluding carboxylic acids is 3. The molecular formula is C16H14F2N2O5. The van der Waals surface area contributed by atoms with Gasteiger partial charge in [0.05, 0.1) is 12.8 Å². The van der Waals surface area contributed by atoms with Crippen LogP contribution in [0.25, 0.3) is 0 Å². The molecule has 0 aliphatic rings. The van der Waals surface area contributed by atoms with Gasteiger partial charge in [-0.2, -0.15) is 0 Å². The number of hydrogen-bond acceptors (Lipinski definition) is 5. The molecule has 0 saturated heterocycles. The molecule has 9 heteroatoms. The minimum Gasteiger partial charge on any atom is -0.457 e. The highest BCUT2D eigenvalue weighted by Gasteiger charge is 2.16. The van der Waals surface area contributed by atoms with Crippen molar-refractivity contribution in [3.05, 3.63) is 53.5 Å². The van der Waals surface area contributed by atoms with Gasteiger partial charge in [0.25, 0.3) is 5.91 Å². The molecule has 2 amide bonds. The van der Waals surface area contributed by atoms with Crippen LogP contribution < -0.4 is 10.6 Å². The van der Waals surface area contributed by atoms with E-state index >= 15 is 0 Å². The Labute approximate surface area is 141 Å². The molecule has 0 bridgehead atoms. The van der Waals surface area contributed by atoms with E-state index in [0.717, 1.165) is 12.1 Å². The van der Waals surface area contributed by atoms with Crippen LogP contribution in [0, 0.1) is 18.6 Å². The Kier molecular flexibility index (Phi) is 5.83. The molecule has 0 aliphatic carbocycles. The van der Waals surface area contributed by atoms with Gasteiger partial charge in [-0.25, -0.2) is 13.6 Å². The van der Waals surface area contributed by atoms with Crippen LogP contribution in [0.2, 0.25) is 0 Å². The predicted octanol–water partition coefficient (Wildman–Crippen LogP) is 1.78. The van der Waals surface area contributed by atoms with E-state index in [9.17, 15) is 23.2 Å². The quantitative estimate of drug-likeness (QED) is 0.773. The second-order valence-corrected chi connectivity index (χ2v) is 4.96. The van der Waals surface area contributed by atoms with Crippen molar-refractivity contribution < 1.29 is 32.3 Å². The summed E-state index contributed by atoms with van der Waals surface area (Å²) in [6, 6.07) is 4.41. The van der Waals surface area contributed by atoms with Crippen LogP contribution in [0.5, 0.6) is 0 Å². The van der Waals surface area contributed by atoms with E-state index in [1.807, 2.05) is 0 Å². The fourth-order valence-electron chi connectivity index (χ4n) is 1.79. The molecule has 1 aromatic carbocycles. The summed E-state index contributed by atoms with van der Waals surface area (Å²) in [5.74, 6) is -4.33. The number of anilines is 1. The molecule has 0 saturated carbocycles. The number of halogens is 2. The second kappa shape index (κ2) is 8.04. The van der Waals surface area contributed by atoms with Crippen molar-refractivity contribution in [1.82, 2.24) is 5.32 Å². The van der Waals surface area contributed by atoms with Crippen molar-refractivity contribution in [2.75, 3.05) is 18.5 Å². The van der Waals surface area contributed by atoms with Crippen LogP contribution in [0.15, 0.2) is 34.9 Å². The predicted molar refractivity (Wildman–Crippen MR) is 81.7 cm³/mol. The van der Waals surface area contributed by atoms with Gasteiger partial charge >= 0.3 is 5.97 Å². The highest BCUT2D eigenvalue weighted by atomic mass is 19.2. The molecule has 132 valence electrons. The van der Waals surface area contributed by atoms with E-state index < -0.39 is 42.6 Å². The van der Waals surface area contributed by atoms with E-state index in [2.05, 4.69) is 10.6 Å². The van der Waals surface area contributed by atoms with Crippen molar-refractivity contribution in [1.29, 1.82) is 0 Å². The first-order valence-corrected chi connectivity index (χ1v) is 7.09. The maximum Gasteiger partial charge on any atom is 0.375 e. The molecule has 1 heterocycles. The Morgan fingerprint density at radius 3 is 2.52 bits per heavy atom. The number of rotatable bonds is 6. The number of furan rings is 1. The highest BCUT2D eigenvalue weighted by molar-refractivity contribution is 5.95. The van der Waals surface area contributed by atoms with Crippen LogP contribution in [0.4, 0.5) is 14.5 Å². The lowest BCUT2D eigenvalue weighted by Gasteiger charge is -2.07. The van der Waals surface area contributed by atoms with Crippen LogP contribution in [-0.4, -0.2) is 30.9 Å². The van der Waals surface area contributed by atoms with Gasteiger partial charge in [-0.3, -0.25) is 9.59 Å². The fraction of sp³-hybridized carbons (Fsp3) is 0.188. The van der Waals surface area contributed by atoms with Crippen molar-refractivity contribution in [2.45, 2.75) is 6.92 Å². The van der Waals surface area contributed by atoms with E-state index in [1.165, 1.54) is 12.3 Å². The van der Waals surface area contributed by atoms with Crippen molar-refractivity contribution in [2.24, 2.45) is 0 Å². The van der Waals surface area contributed by atoms with Crippen molar-refractivity contribution >= 4 is 23.5 Å². The molecule has 2 aromatic rings. The van der Waals surface area contributed by atoms with Crippen LogP contribution in [-0.2, 0) is 14.3 Å².